The van der Waals surface area contributed by atoms with Crippen molar-refractivity contribution in [3.05, 3.63) is 104 Å². The molecule has 13 heteroatoms. The molecule has 4 aromatic rings. The van der Waals surface area contributed by atoms with Crippen LogP contribution in [0, 0.1) is 11.6 Å². The van der Waals surface area contributed by atoms with Gasteiger partial charge in [-0.15, -0.1) is 0 Å². The van der Waals surface area contributed by atoms with E-state index in [4.69, 9.17) is 44.1 Å². The average Bonchev–Trinajstić information content (AvgIpc) is 3.80. The molecular formula is C33H28Cl3F2N5O3. The van der Waals surface area contributed by atoms with Crippen molar-refractivity contribution >= 4 is 46.3 Å². The maximum absolute atomic E-state index is 14.4. The molecule has 46 heavy (non-hydrogen) atoms. The number of nitrogens with zero attached hydrogens (tertiary/aromatic N) is 3. The Balaban J connectivity index is 1.12. The number of rotatable bonds is 9. The fourth-order valence-corrected chi connectivity index (χ4v) is 6.58. The van der Waals surface area contributed by atoms with E-state index < -0.39 is 17.2 Å². The largest absolute Gasteiger partial charge is 0.484 e. The molecule has 7 rings (SSSR count). The molecule has 0 spiro atoms. The second kappa shape index (κ2) is 12.9. The second-order valence-electron chi connectivity index (χ2n) is 11.6. The molecule has 8 nitrogen and oxygen atoms in total. The topological polar surface area (TPSA) is 92.5 Å². The fraction of sp³-hybridized carbons (Fsp3) is 0.303. The number of aromatic nitrogens is 2. The number of hydrogen-bond acceptors (Lipinski definition) is 7. The third-order valence-corrected chi connectivity index (χ3v) is 9.60. The van der Waals surface area contributed by atoms with Gasteiger partial charge in [-0.25, -0.2) is 8.78 Å². The summed E-state index contributed by atoms with van der Waals surface area (Å²) in [5, 5.41) is 11.5. The molecule has 1 amide bonds. The van der Waals surface area contributed by atoms with Crippen LogP contribution in [0.15, 0.2) is 64.7 Å². The zero-order valence-corrected chi connectivity index (χ0v) is 26.6. The lowest BCUT2D eigenvalue weighted by Crippen LogP contribution is -2.60. The van der Waals surface area contributed by atoms with Gasteiger partial charge in [-0.2, -0.15) is 4.98 Å². The SMILES string of the molecule is O=C(C1=C(c2ccc(OCc3nc(-c4c(F)ccc(Cl)c4F)no3)cc2)C[C@@H]2CNC[C@H]1N2)N(Cc1cccc(Cl)c1Cl)C1CC1. The minimum absolute atomic E-state index is 0.00621. The van der Waals surface area contributed by atoms with Gasteiger partial charge in [0, 0.05) is 37.3 Å². The smallest absolute Gasteiger partial charge is 0.264 e. The van der Waals surface area contributed by atoms with Crippen LogP contribution in [-0.4, -0.2) is 52.2 Å². The Labute approximate surface area is 278 Å². The van der Waals surface area contributed by atoms with Crippen LogP contribution in [0.25, 0.3) is 17.0 Å². The van der Waals surface area contributed by atoms with Crippen molar-refractivity contribution in [1.29, 1.82) is 0 Å². The van der Waals surface area contributed by atoms with Gasteiger partial charge in [0.05, 0.1) is 26.7 Å². The number of benzene rings is 3. The van der Waals surface area contributed by atoms with E-state index in [0.29, 0.717) is 35.3 Å². The maximum atomic E-state index is 14.4. The van der Waals surface area contributed by atoms with Crippen LogP contribution in [-0.2, 0) is 17.9 Å². The molecule has 3 heterocycles. The Morgan fingerprint density at radius 2 is 1.83 bits per heavy atom. The van der Waals surface area contributed by atoms with Gasteiger partial charge in [-0.1, -0.05) is 64.2 Å². The van der Waals surface area contributed by atoms with Gasteiger partial charge in [0.2, 0.25) is 5.82 Å². The van der Waals surface area contributed by atoms with Crippen molar-refractivity contribution in [1.82, 2.24) is 25.7 Å². The van der Waals surface area contributed by atoms with Gasteiger partial charge in [0.1, 0.15) is 11.6 Å². The van der Waals surface area contributed by atoms with E-state index in [0.717, 1.165) is 53.8 Å². The highest BCUT2D eigenvalue weighted by Crippen LogP contribution is 2.38. The lowest BCUT2D eigenvalue weighted by Gasteiger charge is -2.41. The molecule has 0 unspecified atom stereocenters. The van der Waals surface area contributed by atoms with Crippen LogP contribution >= 0.6 is 34.8 Å². The molecule has 1 aromatic heterocycles. The Kier molecular flexibility index (Phi) is 8.73. The molecule has 2 aliphatic heterocycles. The van der Waals surface area contributed by atoms with Crippen molar-refractivity contribution in [3.8, 4) is 17.1 Å². The Morgan fingerprint density at radius 3 is 2.61 bits per heavy atom. The monoisotopic (exact) mass is 685 g/mol. The van der Waals surface area contributed by atoms with E-state index >= 15 is 0 Å². The van der Waals surface area contributed by atoms with Crippen molar-refractivity contribution in [2.45, 2.75) is 50.5 Å². The van der Waals surface area contributed by atoms with Crippen molar-refractivity contribution < 1.29 is 22.8 Å². The van der Waals surface area contributed by atoms with Crippen LogP contribution in [0.3, 0.4) is 0 Å². The fourth-order valence-electron chi connectivity index (χ4n) is 6.05. The molecule has 1 saturated carbocycles. The van der Waals surface area contributed by atoms with Crippen LogP contribution in [0.4, 0.5) is 8.78 Å². The number of piperazine rings is 1. The highest BCUT2D eigenvalue weighted by atomic mass is 35.5. The number of carbonyl (C=O) groups is 1. The minimum atomic E-state index is -0.968. The number of nitrogens with one attached hydrogen (secondary N) is 2. The maximum Gasteiger partial charge on any atom is 0.264 e. The van der Waals surface area contributed by atoms with Gasteiger partial charge in [0.15, 0.2) is 12.4 Å². The van der Waals surface area contributed by atoms with E-state index in [1.54, 1.807) is 18.2 Å². The molecule has 0 radical (unpaired) electrons. The van der Waals surface area contributed by atoms with Gasteiger partial charge in [-0.3, -0.25) is 4.79 Å². The summed E-state index contributed by atoms with van der Waals surface area (Å²) < 4.78 is 39.6. The first kappa shape index (κ1) is 31.1. The molecule has 2 bridgehead atoms. The Hall–Kier alpha value is -3.54. The van der Waals surface area contributed by atoms with E-state index in [1.165, 1.54) is 0 Å². The minimum Gasteiger partial charge on any atom is -0.484 e. The lowest BCUT2D eigenvalue weighted by molar-refractivity contribution is -0.128. The number of fused-ring (bicyclic) bond motifs is 2. The Morgan fingerprint density at radius 1 is 1.02 bits per heavy atom. The predicted octanol–water partition coefficient (Wildman–Crippen LogP) is 6.83. The first-order chi connectivity index (χ1) is 22.3. The van der Waals surface area contributed by atoms with Crippen molar-refractivity contribution in [2.75, 3.05) is 13.1 Å². The molecule has 2 atom stereocenters. The normalized spacial score (nSPS) is 19.3. The molecule has 2 fully saturated rings. The molecule has 1 saturated heterocycles. The van der Waals surface area contributed by atoms with Gasteiger partial charge >= 0.3 is 0 Å². The second-order valence-corrected chi connectivity index (χ2v) is 12.8. The van der Waals surface area contributed by atoms with E-state index in [9.17, 15) is 13.6 Å². The summed E-state index contributed by atoms with van der Waals surface area (Å²) in [4.78, 5) is 20.4. The summed E-state index contributed by atoms with van der Waals surface area (Å²) in [5.74, 6) is -1.55. The summed E-state index contributed by atoms with van der Waals surface area (Å²) >= 11 is 18.6. The van der Waals surface area contributed by atoms with Crippen LogP contribution < -0.4 is 15.4 Å². The number of amides is 1. The standard InChI is InChI=1S/C33H28Cl3F2N5O3/c34-23-3-1-2-18(30(23)36)15-43(20-6-7-20)33(44)28-22(12-19-13-39-14-26(28)40-19)17-4-8-21(9-5-17)45-16-27-41-32(42-46-27)29-25(37)11-10-24(35)31(29)38/h1-5,8-11,19-20,26,39-40H,6-7,12-16H2/t19-,26-/m1/s1. The zero-order valence-electron chi connectivity index (χ0n) is 24.3. The quantitative estimate of drug-likeness (QED) is 0.187. The van der Waals surface area contributed by atoms with Gasteiger partial charge in [-0.05, 0) is 66.3 Å². The number of halogens is 5. The zero-order chi connectivity index (χ0) is 31.9. The van der Waals surface area contributed by atoms with E-state index in [1.807, 2.05) is 29.2 Å². The summed E-state index contributed by atoms with van der Waals surface area (Å²) in [6, 6.07) is 15.3. The highest BCUT2D eigenvalue weighted by Gasteiger charge is 2.41. The predicted molar refractivity (Wildman–Crippen MR) is 171 cm³/mol. The van der Waals surface area contributed by atoms with E-state index in [-0.39, 0.29) is 47.4 Å². The number of carbonyl (C=O) groups excluding carboxylic acids is 1. The summed E-state index contributed by atoms with van der Waals surface area (Å²) in [7, 11) is 0. The molecule has 1 aliphatic carbocycles. The van der Waals surface area contributed by atoms with Crippen LogP contribution in [0.2, 0.25) is 15.1 Å². The van der Waals surface area contributed by atoms with Crippen LogP contribution in [0.1, 0.15) is 36.3 Å². The molecule has 3 aromatic carbocycles. The molecular weight excluding hydrogens is 659 g/mol. The van der Waals surface area contributed by atoms with Crippen molar-refractivity contribution in [2.24, 2.45) is 0 Å². The third kappa shape index (κ3) is 6.24. The highest BCUT2D eigenvalue weighted by molar-refractivity contribution is 6.42. The number of ether oxygens (including phenoxy) is 1. The third-order valence-electron chi connectivity index (χ3n) is 8.45. The van der Waals surface area contributed by atoms with Gasteiger partial charge < -0.3 is 24.8 Å². The first-order valence-electron chi connectivity index (χ1n) is 14.9. The summed E-state index contributed by atoms with van der Waals surface area (Å²) in [6.45, 7) is 1.71. The molecule has 238 valence electrons. The summed E-state index contributed by atoms with van der Waals surface area (Å²) in [5.41, 5.74) is 3.03. The Bertz CT molecular complexity index is 1830. The lowest BCUT2D eigenvalue weighted by atomic mass is 9.83. The summed E-state index contributed by atoms with van der Waals surface area (Å²) in [6.07, 6.45) is 2.58. The van der Waals surface area contributed by atoms with Crippen LogP contribution in [0.5, 0.6) is 5.75 Å². The molecule has 3 aliphatic rings. The molecule has 2 N–H and O–H groups in total. The average molecular weight is 687 g/mol. The number of hydrogen-bond donors (Lipinski definition) is 2. The van der Waals surface area contributed by atoms with Gasteiger partial charge in [0.25, 0.3) is 11.8 Å². The van der Waals surface area contributed by atoms with E-state index in [2.05, 4.69) is 20.8 Å². The van der Waals surface area contributed by atoms with Crippen molar-refractivity contribution in [3.63, 3.8) is 0 Å². The first-order valence-corrected chi connectivity index (χ1v) is 16.0.